The van der Waals surface area contributed by atoms with Crippen molar-refractivity contribution in [1.82, 2.24) is 9.78 Å². The smallest absolute Gasteiger partial charge is 0.411 e. The molecule has 5 nitrogen and oxygen atoms in total. The quantitative estimate of drug-likeness (QED) is 0.788. The van der Waals surface area contributed by atoms with Crippen molar-refractivity contribution in [3.63, 3.8) is 0 Å². The van der Waals surface area contributed by atoms with Gasteiger partial charge in [-0.3, -0.25) is 9.48 Å². The SMILES string of the molecule is CCn1nc(C)c(N2CC(C(=O)OC)CCC2(C)C(F)(F)F)c1C. The number of aryl methyl sites for hydroxylation is 2. The fraction of sp³-hybridized carbons (Fsp3) is 0.750. The molecule has 1 fully saturated rings. The molecule has 0 N–H and O–H groups in total. The van der Waals surface area contributed by atoms with Crippen LogP contribution in [0.5, 0.6) is 0 Å². The van der Waals surface area contributed by atoms with Crippen molar-refractivity contribution < 1.29 is 22.7 Å². The van der Waals surface area contributed by atoms with Crippen LogP contribution in [0.25, 0.3) is 0 Å². The van der Waals surface area contributed by atoms with E-state index < -0.39 is 23.6 Å². The van der Waals surface area contributed by atoms with Crippen molar-refractivity contribution in [1.29, 1.82) is 0 Å². The number of rotatable bonds is 3. The summed E-state index contributed by atoms with van der Waals surface area (Å²) in [4.78, 5) is 13.2. The number of aromatic nitrogens is 2. The lowest BCUT2D eigenvalue weighted by Gasteiger charge is -2.49. The van der Waals surface area contributed by atoms with Crippen LogP contribution in [0, 0.1) is 19.8 Å². The van der Waals surface area contributed by atoms with Gasteiger partial charge in [-0.1, -0.05) is 0 Å². The second kappa shape index (κ2) is 6.29. The Morgan fingerprint density at radius 1 is 1.42 bits per heavy atom. The van der Waals surface area contributed by atoms with Crippen LogP contribution in [0.3, 0.4) is 0 Å². The number of carbonyl (C=O) groups excluding carboxylic acids is 1. The maximum Gasteiger partial charge on any atom is 0.411 e. The van der Waals surface area contributed by atoms with E-state index >= 15 is 0 Å². The molecule has 2 heterocycles. The Balaban J connectivity index is 2.54. The van der Waals surface area contributed by atoms with Crippen LogP contribution in [0.15, 0.2) is 0 Å². The molecule has 1 aromatic heterocycles. The summed E-state index contributed by atoms with van der Waals surface area (Å²) >= 11 is 0. The molecule has 2 atom stereocenters. The van der Waals surface area contributed by atoms with Crippen molar-refractivity contribution in [2.45, 2.75) is 58.8 Å². The van der Waals surface area contributed by atoms with Crippen molar-refractivity contribution in [3.05, 3.63) is 11.4 Å². The van der Waals surface area contributed by atoms with E-state index in [9.17, 15) is 18.0 Å². The third-order valence-electron chi connectivity index (χ3n) is 5.04. The molecule has 136 valence electrons. The fourth-order valence-electron chi connectivity index (χ4n) is 3.48. The third kappa shape index (κ3) is 2.86. The Morgan fingerprint density at radius 3 is 2.50 bits per heavy atom. The predicted octanol–water partition coefficient (Wildman–Crippen LogP) is 3.23. The third-order valence-corrected chi connectivity index (χ3v) is 5.04. The molecule has 0 aliphatic carbocycles. The predicted molar refractivity (Wildman–Crippen MR) is 83.9 cm³/mol. The molecule has 24 heavy (non-hydrogen) atoms. The van der Waals surface area contributed by atoms with Crippen LogP contribution in [0.1, 0.15) is 38.1 Å². The van der Waals surface area contributed by atoms with E-state index in [1.807, 2.05) is 6.92 Å². The Hall–Kier alpha value is -1.73. The summed E-state index contributed by atoms with van der Waals surface area (Å²) in [5.74, 6) is -1.04. The van der Waals surface area contributed by atoms with Gasteiger partial charge in [0.25, 0.3) is 0 Å². The highest BCUT2D eigenvalue weighted by atomic mass is 19.4. The first-order valence-electron chi connectivity index (χ1n) is 8.03. The number of nitrogens with zero attached hydrogens (tertiary/aromatic N) is 3. The van der Waals surface area contributed by atoms with Crippen molar-refractivity contribution in [3.8, 4) is 0 Å². The molecule has 1 aliphatic heterocycles. The Morgan fingerprint density at radius 2 is 2.04 bits per heavy atom. The van der Waals surface area contributed by atoms with Crippen LogP contribution in [-0.2, 0) is 16.1 Å². The van der Waals surface area contributed by atoms with E-state index in [1.54, 1.807) is 18.5 Å². The fourth-order valence-corrected chi connectivity index (χ4v) is 3.48. The van der Waals surface area contributed by atoms with Gasteiger partial charge in [0.05, 0.1) is 30.1 Å². The number of anilines is 1. The van der Waals surface area contributed by atoms with E-state index in [0.717, 1.165) is 0 Å². The molecule has 8 heteroatoms. The minimum atomic E-state index is -4.42. The standard InChI is InChI=1S/C16H24F3N3O2/c1-6-22-11(3)13(10(2)20-22)21-9-12(14(23)24-5)7-8-15(21,4)16(17,18)19/h12H,6-9H2,1-5H3. The highest BCUT2D eigenvalue weighted by molar-refractivity contribution is 5.74. The van der Waals surface area contributed by atoms with Crippen molar-refractivity contribution in [2.75, 3.05) is 18.6 Å². The van der Waals surface area contributed by atoms with Gasteiger partial charge in [-0.05, 0) is 40.5 Å². The Bertz CT molecular complexity index is 627. The number of hydrogen-bond donors (Lipinski definition) is 0. The largest absolute Gasteiger partial charge is 0.469 e. The molecular formula is C16H24F3N3O2. The van der Waals surface area contributed by atoms with Gasteiger partial charge < -0.3 is 9.64 Å². The zero-order valence-electron chi connectivity index (χ0n) is 14.7. The average molecular weight is 347 g/mol. The van der Waals surface area contributed by atoms with Gasteiger partial charge in [-0.2, -0.15) is 18.3 Å². The average Bonchev–Trinajstić information content (AvgIpc) is 2.80. The minimum absolute atomic E-state index is 0.0280. The monoisotopic (exact) mass is 347 g/mol. The first kappa shape index (κ1) is 18.6. The molecular weight excluding hydrogens is 323 g/mol. The van der Waals surface area contributed by atoms with Gasteiger partial charge in [0.15, 0.2) is 0 Å². The maximum absolute atomic E-state index is 13.8. The maximum atomic E-state index is 13.8. The Labute approximate surface area is 139 Å². The summed E-state index contributed by atoms with van der Waals surface area (Å²) in [6.07, 6.45) is -4.42. The number of carbonyl (C=O) groups is 1. The highest BCUT2D eigenvalue weighted by Crippen LogP contribution is 2.46. The van der Waals surface area contributed by atoms with Gasteiger partial charge in [-0.25, -0.2) is 0 Å². The van der Waals surface area contributed by atoms with Crippen molar-refractivity contribution in [2.24, 2.45) is 5.92 Å². The second-order valence-corrected chi connectivity index (χ2v) is 6.48. The molecule has 1 aliphatic rings. The van der Waals surface area contributed by atoms with Crippen LogP contribution in [-0.4, -0.2) is 41.1 Å². The summed E-state index contributed by atoms with van der Waals surface area (Å²) in [7, 11) is 1.26. The molecule has 0 amide bonds. The van der Waals surface area contributed by atoms with Crippen LogP contribution in [0.4, 0.5) is 18.9 Å². The first-order valence-corrected chi connectivity index (χ1v) is 8.03. The van der Waals surface area contributed by atoms with E-state index in [1.165, 1.54) is 18.9 Å². The summed E-state index contributed by atoms with van der Waals surface area (Å²) in [6, 6.07) is 0. The number of alkyl halides is 3. The lowest BCUT2D eigenvalue weighted by Crippen LogP contribution is -2.62. The van der Waals surface area contributed by atoms with E-state index in [2.05, 4.69) is 5.10 Å². The lowest BCUT2D eigenvalue weighted by atomic mass is 9.82. The molecule has 2 rings (SSSR count). The molecule has 1 aromatic rings. The van der Waals surface area contributed by atoms with Gasteiger partial charge in [0, 0.05) is 13.1 Å². The summed E-state index contributed by atoms with van der Waals surface area (Å²) in [5.41, 5.74) is -0.356. The topological polar surface area (TPSA) is 47.4 Å². The van der Waals surface area contributed by atoms with Crippen LogP contribution >= 0.6 is 0 Å². The number of hydrogen-bond acceptors (Lipinski definition) is 4. The van der Waals surface area contributed by atoms with Gasteiger partial charge in [-0.15, -0.1) is 0 Å². The molecule has 2 unspecified atom stereocenters. The van der Waals surface area contributed by atoms with Gasteiger partial charge >= 0.3 is 12.1 Å². The zero-order valence-corrected chi connectivity index (χ0v) is 14.7. The molecule has 0 saturated carbocycles. The zero-order chi connectivity index (χ0) is 18.3. The summed E-state index contributed by atoms with van der Waals surface area (Å²) < 4.78 is 47.9. The van der Waals surface area contributed by atoms with Crippen LogP contribution in [0.2, 0.25) is 0 Å². The first-order chi connectivity index (χ1) is 11.1. The van der Waals surface area contributed by atoms with E-state index in [4.69, 9.17) is 4.74 Å². The van der Waals surface area contributed by atoms with Crippen LogP contribution < -0.4 is 4.90 Å². The molecule has 0 radical (unpaired) electrons. The molecule has 0 bridgehead atoms. The number of esters is 1. The minimum Gasteiger partial charge on any atom is -0.469 e. The number of ether oxygens (including phenoxy) is 1. The summed E-state index contributed by atoms with van der Waals surface area (Å²) in [5, 5.41) is 4.33. The van der Waals surface area contributed by atoms with Gasteiger partial charge in [0.1, 0.15) is 5.54 Å². The van der Waals surface area contributed by atoms with E-state index in [-0.39, 0.29) is 19.4 Å². The van der Waals surface area contributed by atoms with Crippen molar-refractivity contribution >= 4 is 11.7 Å². The van der Waals surface area contributed by atoms with E-state index in [0.29, 0.717) is 23.6 Å². The second-order valence-electron chi connectivity index (χ2n) is 6.48. The van der Waals surface area contributed by atoms with Gasteiger partial charge in [0.2, 0.25) is 0 Å². The molecule has 0 aromatic carbocycles. The number of methoxy groups -OCH3 is 1. The number of piperidine rings is 1. The molecule has 1 saturated heterocycles. The molecule has 0 spiro atoms. The highest BCUT2D eigenvalue weighted by Gasteiger charge is 2.58. The Kier molecular flexibility index (Phi) is 4.88. The normalized spacial score (nSPS) is 25.0. The number of halogens is 3. The summed E-state index contributed by atoms with van der Waals surface area (Å²) in [6.45, 7) is 7.09. The lowest BCUT2D eigenvalue weighted by molar-refractivity contribution is -0.190.